The molecule has 5 nitrogen and oxygen atoms in total. The molecule has 0 spiro atoms. The van der Waals surface area contributed by atoms with Crippen molar-refractivity contribution >= 4 is 34.7 Å². The fraction of sp³-hybridized carbons (Fsp3) is 0.208. The zero-order chi connectivity index (χ0) is 21.0. The highest BCUT2D eigenvalue weighted by atomic mass is 32.2. The highest BCUT2D eigenvalue weighted by Gasteiger charge is 2.23. The summed E-state index contributed by atoms with van der Waals surface area (Å²) >= 11 is 3.17. The van der Waals surface area contributed by atoms with Gasteiger partial charge in [0.15, 0.2) is 5.16 Å². The molecule has 0 fully saturated rings. The van der Waals surface area contributed by atoms with Gasteiger partial charge in [-0.3, -0.25) is 9.36 Å². The summed E-state index contributed by atoms with van der Waals surface area (Å²) in [6.07, 6.45) is 2.74. The van der Waals surface area contributed by atoms with Gasteiger partial charge in [0.1, 0.15) is 5.82 Å². The van der Waals surface area contributed by atoms with E-state index in [0.29, 0.717) is 12.2 Å². The van der Waals surface area contributed by atoms with E-state index >= 15 is 0 Å². The van der Waals surface area contributed by atoms with Crippen molar-refractivity contribution < 1.29 is 4.79 Å². The van der Waals surface area contributed by atoms with Gasteiger partial charge in [0.25, 0.3) is 0 Å². The molecule has 5 rings (SSSR count). The molecule has 7 heteroatoms. The molecule has 4 aromatic rings. The molecular weight excluding hydrogens is 424 g/mol. The van der Waals surface area contributed by atoms with Gasteiger partial charge in [0.2, 0.25) is 5.91 Å². The van der Waals surface area contributed by atoms with Crippen LogP contribution in [0.5, 0.6) is 0 Å². The van der Waals surface area contributed by atoms with Crippen molar-refractivity contribution in [3.63, 3.8) is 0 Å². The van der Waals surface area contributed by atoms with Gasteiger partial charge in [0, 0.05) is 29.2 Å². The third-order valence-corrected chi connectivity index (χ3v) is 7.15. The Hall–Kier alpha value is -2.90. The van der Waals surface area contributed by atoms with Crippen molar-refractivity contribution in [1.29, 1.82) is 0 Å². The van der Waals surface area contributed by atoms with Crippen LogP contribution < -0.4 is 4.90 Å². The molecule has 0 aliphatic carbocycles. The van der Waals surface area contributed by atoms with E-state index < -0.39 is 0 Å². The molecule has 2 aromatic heterocycles. The van der Waals surface area contributed by atoms with Crippen LogP contribution in [0.3, 0.4) is 0 Å². The lowest BCUT2D eigenvalue weighted by Crippen LogP contribution is -2.36. The molecule has 156 valence electrons. The molecule has 0 saturated heterocycles. The van der Waals surface area contributed by atoms with Crippen LogP contribution in [0, 0.1) is 0 Å². The average Bonchev–Trinajstić information content (AvgIpc) is 3.48. The van der Waals surface area contributed by atoms with Crippen molar-refractivity contribution in [3.05, 3.63) is 88.4 Å². The molecule has 0 atom stereocenters. The summed E-state index contributed by atoms with van der Waals surface area (Å²) in [6.45, 7) is 0.769. The van der Waals surface area contributed by atoms with E-state index in [9.17, 15) is 4.79 Å². The van der Waals surface area contributed by atoms with Crippen LogP contribution in [0.2, 0.25) is 0 Å². The van der Waals surface area contributed by atoms with Crippen LogP contribution in [0.15, 0.2) is 77.3 Å². The molecular formula is C24H22N4OS2. The zero-order valence-electron chi connectivity index (χ0n) is 17.0. The number of amides is 1. The Kier molecular flexibility index (Phi) is 5.86. The number of anilines is 1. The van der Waals surface area contributed by atoms with Crippen LogP contribution in [0.1, 0.15) is 22.7 Å². The standard InChI is InChI=1S/C24H22N4OS2/c29-23(27-14-6-9-18-8-4-5-13-21(18)27)17-31-24-26-25-22(16-20-12-7-15-30-20)28(24)19-10-2-1-3-11-19/h1-5,7-8,10-13,15H,6,9,14,16-17H2. The van der Waals surface area contributed by atoms with Crippen molar-refractivity contribution in [2.45, 2.75) is 24.4 Å². The maximum atomic E-state index is 13.1. The van der Waals surface area contributed by atoms with Gasteiger partial charge in [-0.05, 0) is 48.1 Å². The monoisotopic (exact) mass is 446 g/mol. The molecule has 1 amide bonds. The Morgan fingerprint density at radius 1 is 1.00 bits per heavy atom. The number of fused-ring (bicyclic) bond motifs is 1. The smallest absolute Gasteiger partial charge is 0.237 e. The third kappa shape index (κ3) is 4.29. The molecule has 0 N–H and O–H groups in total. The fourth-order valence-corrected chi connectivity index (χ4v) is 5.46. The van der Waals surface area contributed by atoms with Gasteiger partial charge < -0.3 is 4.90 Å². The van der Waals surface area contributed by atoms with Crippen LogP contribution in [-0.4, -0.2) is 33.0 Å². The fourth-order valence-electron chi connectivity index (χ4n) is 3.91. The number of thiophene rings is 1. The lowest BCUT2D eigenvalue weighted by atomic mass is 10.0. The van der Waals surface area contributed by atoms with Gasteiger partial charge in [-0.2, -0.15) is 0 Å². The van der Waals surface area contributed by atoms with Crippen molar-refractivity contribution in [1.82, 2.24) is 14.8 Å². The molecule has 1 aliphatic rings. The average molecular weight is 447 g/mol. The number of aryl methyl sites for hydroxylation is 1. The first-order valence-corrected chi connectivity index (χ1v) is 12.2. The number of benzene rings is 2. The van der Waals surface area contributed by atoms with E-state index in [-0.39, 0.29) is 5.91 Å². The summed E-state index contributed by atoms with van der Waals surface area (Å²) in [4.78, 5) is 16.3. The summed E-state index contributed by atoms with van der Waals surface area (Å²) < 4.78 is 2.07. The highest BCUT2D eigenvalue weighted by Crippen LogP contribution is 2.29. The van der Waals surface area contributed by atoms with E-state index in [1.54, 1.807) is 11.3 Å². The summed E-state index contributed by atoms with van der Waals surface area (Å²) in [5.74, 6) is 1.32. The summed E-state index contributed by atoms with van der Waals surface area (Å²) in [5.41, 5.74) is 3.30. The van der Waals surface area contributed by atoms with Crippen molar-refractivity contribution in [3.8, 4) is 5.69 Å². The minimum Gasteiger partial charge on any atom is -0.311 e. The Bertz CT molecular complexity index is 1170. The van der Waals surface area contributed by atoms with E-state index in [4.69, 9.17) is 0 Å². The van der Waals surface area contributed by atoms with Crippen LogP contribution in [0.25, 0.3) is 5.69 Å². The number of carbonyl (C=O) groups is 1. The first-order chi connectivity index (χ1) is 15.3. The summed E-state index contributed by atoms with van der Waals surface area (Å²) in [5, 5.41) is 11.7. The highest BCUT2D eigenvalue weighted by molar-refractivity contribution is 7.99. The van der Waals surface area contributed by atoms with Crippen molar-refractivity contribution in [2.75, 3.05) is 17.2 Å². The number of rotatable bonds is 6. The van der Waals surface area contributed by atoms with Crippen molar-refractivity contribution in [2.24, 2.45) is 0 Å². The Morgan fingerprint density at radius 3 is 2.68 bits per heavy atom. The maximum Gasteiger partial charge on any atom is 0.237 e. The van der Waals surface area contributed by atoms with E-state index in [0.717, 1.165) is 41.7 Å². The molecule has 0 bridgehead atoms. The second-order valence-corrected chi connectivity index (χ2v) is 9.37. The number of hydrogen-bond acceptors (Lipinski definition) is 5. The molecule has 0 unspecified atom stereocenters. The first-order valence-electron chi connectivity index (χ1n) is 10.3. The number of nitrogens with zero attached hydrogens (tertiary/aromatic N) is 4. The topological polar surface area (TPSA) is 51.0 Å². The Labute approximate surface area is 189 Å². The number of thioether (sulfide) groups is 1. The van der Waals surface area contributed by atoms with Gasteiger partial charge >= 0.3 is 0 Å². The molecule has 3 heterocycles. The molecule has 2 aromatic carbocycles. The van der Waals surface area contributed by atoms with Crippen LogP contribution in [-0.2, 0) is 17.6 Å². The summed E-state index contributed by atoms with van der Waals surface area (Å²) in [7, 11) is 0. The number of para-hydroxylation sites is 2. The number of carbonyl (C=O) groups excluding carboxylic acids is 1. The van der Waals surface area contributed by atoms with Crippen LogP contribution in [0.4, 0.5) is 5.69 Å². The normalized spacial score (nSPS) is 13.2. The molecule has 0 radical (unpaired) electrons. The minimum absolute atomic E-state index is 0.111. The number of aromatic nitrogens is 3. The minimum atomic E-state index is 0.111. The van der Waals surface area contributed by atoms with Gasteiger partial charge in [-0.15, -0.1) is 21.5 Å². The largest absolute Gasteiger partial charge is 0.311 e. The predicted molar refractivity (Wildman–Crippen MR) is 126 cm³/mol. The quantitative estimate of drug-likeness (QED) is 0.392. The molecule has 31 heavy (non-hydrogen) atoms. The van der Waals surface area contributed by atoms with Gasteiger partial charge in [-0.25, -0.2) is 0 Å². The van der Waals surface area contributed by atoms with E-state index in [2.05, 4.69) is 32.3 Å². The second-order valence-electron chi connectivity index (χ2n) is 7.39. The predicted octanol–water partition coefficient (Wildman–Crippen LogP) is 4.99. The number of hydrogen-bond donors (Lipinski definition) is 0. The Morgan fingerprint density at radius 2 is 1.84 bits per heavy atom. The summed E-state index contributed by atoms with van der Waals surface area (Å²) in [6, 6.07) is 22.5. The lowest BCUT2D eigenvalue weighted by Gasteiger charge is -2.29. The second kappa shape index (κ2) is 9.08. The first kappa shape index (κ1) is 20.0. The SMILES string of the molecule is O=C(CSc1nnc(Cc2cccs2)n1-c1ccccc1)N1CCCc2ccccc21. The molecule has 1 aliphatic heterocycles. The van der Waals surface area contributed by atoms with Gasteiger partial charge in [-0.1, -0.05) is 54.2 Å². The third-order valence-electron chi connectivity index (χ3n) is 5.36. The Balaban J connectivity index is 1.38. The van der Waals surface area contributed by atoms with E-state index in [1.165, 1.54) is 22.2 Å². The van der Waals surface area contributed by atoms with E-state index in [1.807, 2.05) is 59.5 Å². The lowest BCUT2D eigenvalue weighted by molar-refractivity contribution is -0.116. The maximum absolute atomic E-state index is 13.1. The molecule has 0 saturated carbocycles. The van der Waals surface area contributed by atoms with Gasteiger partial charge in [0.05, 0.1) is 5.75 Å². The zero-order valence-corrected chi connectivity index (χ0v) is 18.6. The van der Waals surface area contributed by atoms with Crippen LogP contribution >= 0.6 is 23.1 Å².